The van der Waals surface area contributed by atoms with Gasteiger partial charge >= 0.3 is 0 Å². The molecule has 1 atom stereocenters. The van der Waals surface area contributed by atoms with Crippen molar-refractivity contribution in [2.75, 3.05) is 26.8 Å². The molecule has 1 heterocycles. The lowest BCUT2D eigenvalue weighted by Gasteiger charge is -2.46. The van der Waals surface area contributed by atoms with Gasteiger partial charge in [0.15, 0.2) is 0 Å². The predicted molar refractivity (Wildman–Crippen MR) is 86.8 cm³/mol. The predicted octanol–water partition coefficient (Wildman–Crippen LogP) is 1.37. The second-order valence-electron chi connectivity index (χ2n) is 6.56. The summed E-state index contributed by atoms with van der Waals surface area (Å²) < 4.78 is 5.29. The van der Waals surface area contributed by atoms with Gasteiger partial charge in [-0.2, -0.15) is 0 Å². The van der Waals surface area contributed by atoms with Crippen LogP contribution in [-0.4, -0.2) is 49.6 Å². The molecule has 1 aliphatic heterocycles. The Morgan fingerprint density at radius 2 is 2.09 bits per heavy atom. The first kappa shape index (κ1) is 16.0. The maximum Gasteiger partial charge on any atom is 0.243 e. The molecule has 1 saturated heterocycles. The molecule has 2 amide bonds. The second kappa shape index (κ2) is 6.71. The molecule has 5 nitrogen and oxygen atoms in total. The molecule has 1 aromatic rings. The molecule has 1 aromatic carbocycles. The molecule has 1 aliphatic carbocycles. The van der Waals surface area contributed by atoms with Gasteiger partial charge in [0.05, 0.1) is 12.0 Å². The normalized spacial score (nSPS) is 23.1. The first-order valence-corrected chi connectivity index (χ1v) is 8.28. The number of hydrogen-bond donors (Lipinski definition) is 1. The van der Waals surface area contributed by atoms with E-state index in [0.717, 1.165) is 24.8 Å². The molecule has 5 heteroatoms. The molecule has 0 bridgehead atoms. The zero-order valence-electron chi connectivity index (χ0n) is 13.6. The number of piperazine rings is 1. The van der Waals surface area contributed by atoms with Gasteiger partial charge in [0, 0.05) is 26.6 Å². The zero-order valence-corrected chi connectivity index (χ0v) is 13.6. The highest BCUT2D eigenvalue weighted by Gasteiger charge is 2.49. The van der Waals surface area contributed by atoms with Crippen molar-refractivity contribution >= 4 is 11.8 Å². The Kier molecular flexibility index (Phi) is 4.66. The summed E-state index contributed by atoms with van der Waals surface area (Å²) in [5.74, 6) is 0.0294. The first-order valence-electron chi connectivity index (χ1n) is 8.28. The van der Waals surface area contributed by atoms with Gasteiger partial charge in [0.1, 0.15) is 6.04 Å². The number of hydrogen-bond acceptors (Lipinski definition) is 3. The number of nitrogens with zero attached hydrogens (tertiary/aromatic N) is 1. The Hall–Kier alpha value is -1.88. The van der Waals surface area contributed by atoms with Gasteiger partial charge in [-0.3, -0.25) is 9.59 Å². The van der Waals surface area contributed by atoms with Gasteiger partial charge < -0.3 is 15.0 Å². The van der Waals surface area contributed by atoms with E-state index in [2.05, 4.69) is 5.32 Å². The fourth-order valence-electron chi connectivity index (χ4n) is 3.60. The molecule has 0 unspecified atom stereocenters. The molecule has 0 aromatic heterocycles. The van der Waals surface area contributed by atoms with Gasteiger partial charge in [-0.25, -0.2) is 0 Å². The molecule has 1 saturated carbocycles. The number of ether oxygens (including phenoxy) is 1. The summed E-state index contributed by atoms with van der Waals surface area (Å²) in [5, 5.41) is 2.89. The van der Waals surface area contributed by atoms with Crippen molar-refractivity contribution in [3.63, 3.8) is 0 Å². The molecule has 1 N–H and O–H groups in total. The third kappa shape index (κ3) is 3.11. The first-order chi connectivity index (χ1) is 11.2. The van der Waals surface area contributed by atoms with E-state index in [0.29, 0.717) is 26.1 Å². The molecule has 0 spiro atoms. The van der Waals surface area contributed by atoms with Crippen molar-refractivity contribution in [1.29, 1.82) is 0 Å². The van der Waals surface area contributed by atoms with Crippen LogP contribution < -0.4 is 5.32 Å². The molecule has 2 aliphatic rings. The number of rotatable bonds is 5. The highest BCUT2D eigenvalue weighted by molar-refractivity contribution is 5.92. The van der Waals surface area contributed by atoms with Gasteiger partial charge in [0.2, 0.25) is 11.8 Å². The summed E-state index contributed by atoms with van der Waals surface area (Å²) in [6, 6.07) is 9.45. The molecule has 124 valence electrons. The highest BCUT2D eigenvalue weighted by Crippen LogP contribution is 2.43. The smallest absolute Gasteiger partial charge is 0.243 e. The maximum absolute atomic E-state index is 13.1. The van der Waals surface area contributed by atoms with E-state index >= 15 is 0 Å². The lowest BCUT2D eigenvalue weighted by Crippen LogP contribution is -2.62. The minimum atomic E-state index is -0.423. The Morgan fingerprint density at radius 3 is 2.70 bits per heavy atom. The topological polar surface area (TPSA) is 58.6 Å². The summed E-state index contributed by atoms with van der Waals surface area (Å²) in [7, 11) is 1.64. The van der Waals surface area contributed by atoms with Crippen LogP contribution in [-0.2, 0) is 20.7 Å². The molecular weight excluding hydrogens is 292 g/mol. The van der Waals surface area contributed by atoms with Crippen LogP contribution in [0.4, 0.5) is 0 Å². The van der Waals surface area contributed by atoms with Crippen LogP contribution in [0.3, 0.4) is 0 Å². The molecule has 23 heavy (non-hydrogen) atoms. The van der Waals surface area contributed by atoms with Crippen LogP contribution in [0.25, 0.3) is 0 Å². The summed E-state index contributed by atoms with van der Waals surface area (Å²) in [5.41, 5.74) is 0.656. The highest BCUT2D eigenvalue weighted by atomic mass is 16.5. The van der Waals surface area contributed by atoms with E-state index < -0.39 is 11.5 Å². The molecule has 2 fully saturated rings. The van der Waals surface area contributed by atoms with Crippen LogP contribution >= 0.6 is 0 Å². The molecule has 0 radical (unpaired) electrons. The minimum Gasteiger partial charge on any atom is -0.384 e. The van der Waals surface area contributed by atoms with Crippen molar-refractivity contribution in [3.05, 3.63) is 35.9 Å². The van der Waals surface area contributed by atoms with Crippen molar-refractivity contribution < 1.29 is 14.3 Å². The summed E-state index contributed by atoms with van der Waals surface area (Å²) in [6.45, 7) is 1.55. The SMILES string of the molecule is COCC1(C(=O)N2CCNC(=O)[C@@H]2Cc2ccccc2)CCC1. The van der Waals surface area contributed by atoms with Crippen LogP contribution in [0.1, 0.15) is 24.8 Å². The van der Waals surface area contributed by atoms with Gasteiger partial charge in [-0.1, -0.05) is 36.8 Å². The summed E-state index contributed by atoms with van der Waals surface area (Å²) >= 11 is 0. The Morgan fingerprint density at radius 1 is 1.35 bits per heavy atom. The lowest BCUT2D eigenvalue weighted by atomic mass is 9.68. The number of carbonyl (C=O) groups is 2. The van der Waals surface area contributed by atoms with Crippen molar-refractivity contribution in [3.8, 4) is 0 Å². The van der Waals surface area contributed by atoms with E-state index in [4.69, 9.17) is 4.74 Å². The van der Waals surface area contributed by atoms with Crippen LogP contribution in [0, 0.1) is 5.41 Å². The number of nitrogens with one attached hydrogen (secondary N) is 1. The Labute approximate surface area is 137 Å². The van der Waals surface area contributed by atoms with E-state index in [1.807, 2.05) is 30.3 Å². The fourth-order valence-corrected chi connectivity index (χ4v) is 3.60. The van der Waals surface area contributed by atoms with E-state index in [-0.39, 0.29) is 11.8 Å². The lowest BCUT2D eigenvalue weighted by molar-refractivity contribution is -0.159. The number of benzene rings is 1. The van der Waals surface area contributed by atoms with Crippen LogP contribution in [0.2, 0.25) is 0 Å². The Bertz CT molecular complexity index is 569. The fraction of sp³-hybridized carbons (Fsp3) is 0.556. The van der Waals surface area contributed by atoms with Crippen LogP contribution in [0.5, 0.6) is 0 Å². The number of carbonyl (C=O) groups excluding carboxylic acids is 2. The van der Waals surface area contributed by atoms with Crippen molar-refractivity contribution in [2.45, 2.75) is 31.7 Å². The minimum absolute atomic E-state index is 0.0552. The Balaban J connectivity index is 1.80. The monoisotopic (exact) mass is 316 g/mol. The van der Waals surface area contributed by atoms with Gasteiger partial charge in [0.25, 0.3) is 0 Å². The largest absolute Gasteiger partial charge is 0.384 e. The summed E-state index contributed by atoms with van der Waals surface area (Å²) in [6.07, 6.45) is 3.33. The number of methoxy groups -OCH3 is 1. The van der Waals surface area contributed by atoms with Crippen molar-refractivity contribution in [2.24, 2.45) is 5.41 Å². The van der Waals surface area contributed by atoms with Gasteiger partial charge in [-0.05, 0) is 18.4 Å². The third-order valence-electron chi connectivity index (χ3n) is 5.05. The average Bonchev–Trinajstić information content (AvgIpc) is 2.53. The van der Waals surface area contributed by atoms with E-state index in [9.17, 15) is 9.59 Å². The molecular formula is C18H24N2O3. The maximum atomic E-state index is 13.1. The average molecular weight is 316 g/mol. The third-order valence-corrected chi connectivity index (χ3v) is 5.05. The van der Waals surface area contributed by atoms with Gasteiger partial charge in [-0.15, -0.1) is 0 Å². The van der Waals surface area contributed by atoms with E-state index in [1.165, 1.54) is 0 Å². The number of amides is 2. The van der Waals surface area contributed by atoms with Crippen molar-refractivity contribution in [1.82, 2.24) is 10.2 Å². The molecule has 3 rings (SSSR count). The zero-order chi connectivity index (χ0) is 16.3. The standard InChI is InChI=1S/C18H24N2O3/c1-23-13-18(8-5-9-18)17(22)20-11-10-19-16(21)15(20)12-14-6-3-2-4-7-14/h2-4,6-7,15H,5,8-13H2,1H3,(H,19,21)/t15-/m0/s1. The van der Waals surface area contributed by atoms with E-state index in [1.54, 1.807) is 12.0 Å². The second-order valence-corrected chi connectivity index (χ2v) is 6.56. The van der Waals surface area contributed by atoms with Crippen LogP contribution in [0.15, 0.2) is 30.3 Å². The summed E-state index contributed by atoms with van der Waals surface area (Å²) in [4.78, 5) is 27.3. The quantitative estimate of drug-likeness (QED) is 0.893.